The third kappa shape index (κ3) is 3.37. The number of carbonyl (C=O) groups is 2. The highest BCUT2D eigenvalue weighted by Crippen LogP contribution is 2.37. The minimum Gasteiger partial charge on any atom is -0.383 e. The molecule has 0 radical (unpaired) electrons. The second kappa shape index (κ2) is 7.10. The van der Waals surface area contributed by atoms with E-state index in [1.807, 2.05) is 36.9 Å². The summed E-state index contributed by atoms with van der Waals surface area (Å²) >= 11 is 0. The quantitative estimate of drug-likeness (QED) is 0.753. The van der Waals surface area contributed by atoms with Crippen LogP contribution in [0, 0.1) is 13.8 Å². The lowest BCUT2D eigenvalue weighted by atomic mass is 9.91. The average molecular weight is 380 g/mol. The second-order valence-electron chi connectivity index (χ2n) is 7.48. The Labute approximate surface area is 163 Å². The predicted molar refractivity (Wildman–Crippen MR) is 108 cm³/mol. The molecular formula is C20H24N6O2. The summed E-state index contributed by atoms with van der Waals surface area (Å²) in [6, 6.07) is 5.80. The molecule has 1 aromatic heterocycles. The standard InChI is InChI=1S/C20H24N6O2/c1-11-5-6-14(12(2)9-11)22-19(28)13-10-15(27)23-18-16(13)17(21)24-20(25-18)26-7-3-4-8-26/h5-6,9,13H,3-4,7-8,10H2,1-2H3,(H,22,28)(H3,21,23,24,25,27)/t13-/m1/s1. The molecule has 2 amide bonds. The first-order valence-electron chi connectivity index (χ1n) is 9.52. The maximum atomic E-state index is 13.0. The van der Waals surface area contributed by atoms with Crippen molar-refractivity contribution >= 4 is 35.1 Å². The minimum atomic E-state index is -0.725. The molecule has 0 saturated carbocycles. The number of hydrogen-bond acceptors (Lipinski definition) is 6. The molecule has 28 heavy (non-hydrogen) atoms. The molecule has 0 spiro atoms. The van der Waals surface area contributed by atoms with Gasteiger partial charge >= 0.3 is 0 Å². The number of aryl methyl sites for hydroxylation is 2. The number of nitrogens with zero attached hydrogens (tertiary/aromatic N) is 3. The fourth-order valence-electron chi connectivity index (χ4n) is 3.84. The summed E-state index contributed by atoms with van der Waals surface area (Å²) in [5.74, 6) is -0.174. The van der Waals surface area contributed by atoms with E-state index in [1.54, 1.807) is 0 Å². The maximum absolute atomic E-state index is 13.0. The monoisotopic (exact) mass is 380 g/mol. The lowest BCUT2D eigenvalue weighted by Crippen LogP contribution is -2.33. The molecule has 8 heteroatoms. The molecule has 1 atom stereocenters. The number of rotatable bonds is 3. The molecule has 3 heterocycles. The normalized spacial score (nSPS) is 18.6. The van der Waals surface area contributed by atoms with Crippen LogP contribution in [-0.2, 0) is 9.59 Å². The van der Waals surface area contributed by atoms with Crippen molar-refractivity contribution in [2.75, 3.05) is 34.4 Å². The first-order chi connectivity index (χ1) is 13.4. The summed E-state index contributed by atoms with van der Waals surface area (Å²) in [5.41, 5.74) is 9.50. The summed E-state index contributed by atoms with van der Waals surface area (Å²) < 4.78 is 0. The Kier molecular flexibility index (Phi) is 4.62. The van der Waals surface area contributed by atoms with Crippen LogP contribution >= 0.6 is 0 Å². The molecule has 4 rings (SSSR count). The number of amides is 2. The van der Waals surface area contributed by atoms with Gasteiger partial charge < -0.3 is 21.3 Å². The van der Waals surface area contributed by atoms with Crippen molar-refractivity contribution in [2.45, 2.75) is 39.0 Å². The molecule has 146 valence electrons. The predicted octanol–water partition coefficient (Wildman–Crippen LogP) is 2.34. The number of anilines is 4. The molecule has 1 fully saturated rings. The van der Waals surface area contributed by atoms with Gasteiger partial charge in [-0.3, -0.25) is 9.59 Å². The van der Waals surface area contributed by atoms with Gasteiger partial charge in [-0.15, -0.1) is 0 Å². The number of nitrogens with one attached hydrogen (secondary N) is 2. The summed E-state index contributed by atoms with van der Waals surface area (Å²) in [6.07, 6.45) is 2.17. The number of carbonyl (C=O) groups excluding carboxylic acids is 2. The van der Waals surface area contributed by atoms with Gasteiger partial charge in [-0.2, -0.15) is 9.97 Å². The van der Waals surface area contributed by atoms with Gasteiger partial charge in [0, 0.05) is 25.2 Å². The molecule has 0 aliphatic carbocycles. The number of nitrogens with two attached hydrogens (primary N) is 1. The van der Waals surface area contributed by atoms with Crippen LogP contribution in [0.15, 0.2) is 18.2 Å². The van der Waals surface area contributed by atoms with E-state index in [2.05, 4.69) is 20.6 Å². The Morgan fingerprint density at radius 2 is 2.00 bits per heavy atom. The van der Waals surface area contributed by atoms with E-state index in [0.717, 1.165) is 42.7 Å². The Hall–Kier alpha value is -3.16. The van der Waals surface area contributed by atoms with Gasteiger partial charge in [0.2, 0.25) is 17.8 Å². The van der Waals surface area contributed by atoms with Crippen LogP contribution in [0.25, 0.3) is 0 Å². The lowest BCUT2D eigenvalue weighted by Gasteiger charge is -2.27. The van der Waals surface area contributed by atoms with Crippen molar-refractivity contribution in [3.05, 3.63) is 34.9 Å². The third-order valence-electron chi connectivity index (χ3n) is 5.30. The molecule has 0 unspecified atom stereocenters. The zero-order valence-electron chi connectivity index (χ0n) is 16.1. The van der Waals surface area contributed by atoms with Crippen molar-refractivity contribution < 1.29 is 9.59 Å². The van der Waals surface area contributed by atoms with Gasteiger partial charge in [-0.05, 0) is 38.3 Å². The number of fused-ring (bicyclic) bond motifs is 1. The zero-order chi connectivity index (χ0) is 19.8. The molecule has 2 aliphatic rings. The smallest absolute Gasteiger partial charge is 0.232 e. The fourth-order valence-corrected chi connectivity index (χ4v) is 3.84. The van der Waals surface area contributed by atoms with E-state index < -0.39 is 5.92 Å². The highest BCUT2D eigenvalue weighted by Gasteiger charge is 2.35. The summed E-state index contributed by atoms with van der Waals surface area (Å²) in [5, 5.41) is 5.68. The van der Waals surface area contributed by atoms with Crippen LogP contribution in [-0.4, -0.2) is 34.9 Å². The SMILES string of the molecule is Cc1ccc(NC(=O)[C@@H]2CC(=O)Nc3nc(N4CCCC4)nc(N)c32)c(C)c1. The van der Waals surface area contributed by atoms with E-state index in [9.17, 15) is 9.59 Å². The number of hydrogen-bond donors (Lipinski definition) is 3. The van der Waals surface area contributed by atoms with Crippen molar-refractivity contribution in [1.29, 1.82) is 0 Å². The molecular weight excluding hydrogens is 356 g/mol. The van der Waals surface area contributed by atoms with E-state index >= 15 is 0 Å². The Bertz CT molecular complexity index is 952. The van der Waals surface area contributed by atoms with Gasteiger partial charge in [0.05, 0.1) is 11.5 Å². The van der Waals surface area contributed by atoms with E-state index in [1.165, 1.54) is 0 Å². The van der Waals surface area contributed by atoms with Crippen molar-refractivity contribution in [3.8, 4) is 0 Å². The van der Waals surface area contributed by atoms with Gasteiger partial charge in [-0.1, -0.05) is 17.7 Å². The van der Waals surface area contributed by atoms with Crippen LogP contribution < -0.4 is 21.3 Å². The van der Waals surface area contributed by atoms with Gasteiger partial charge in [-0.25, -0.2) is 0 Å². The number of benzene rings is 1. The van der Waals surface area contributed by atoms with Crippen molar-refractivity contribution in [1.82, 2.24) is 9.97 Å². The number of aromatic nitrogens is 2. The topological polar surface area (TPSA) is 113 Å². The van der Waals surface area contributed by atoms with Crippen LogP contribution in [0.2, 0.25) is 0 Å². The first-order valence-corrected chi connectivity index (χ1v) is 9.52. The molecule has 1 aromatic carbocycles. The Morgan fingerprint density at radius 1 is 1.25 bits per heavy atom. The number of nitrogen functional groups attached to an aromatic ring is 1. The molecule has 2 aliphatic heterocycles. The highest BCUT2D eigenvalue weighted by molar-refractivity contribution is 6.05. The molecule has 1 saturated heterocycles. The largest absolute Gasteiger partial charge is 0.383 e. The fraction of sp³-hybridized carbons (Fsp3) is 0.400. The summed E-state index contributed by atoms with van der Waals surface area (Å²) in [7, 11) is 0. The van der Waals surface area contributed by atoms with Gasteiger partial charge in [0.25, 0.3) is 0 Å². The van der Waals surface area contributed by atoms with Crippen LogP contribution in [0.3, 0.4) is 0 Å². The minimum absolute atomic E-state index is 0.0142. The Balaban J connectivity index is 1.65. The van der Waals surface area contributed by atoms with Crippen LogP contribution in [0.5, 0.6) is 0 Å². The van der Waals surface area contributed by atoms with Crippen LogP contribution in [0.1, 0.15) is 41.9 Å². The average Bonchev–Trinajstić information content (AvgIpc) is 3.17. The highest BCUT2D eigenvalue weighted by atomic mass is 16.2. The third-order valence-corrected chi connectivity index (χ3v) is 5.30. The maximum Gasteiger partial charge on any atom is 0.232 e. The van der Waals surface area contributed by atoms with Crippen LogP contribution in [0.4, 0.5) is 23.3 Å². The van der Waals surface area contributed by atoms with E-state index in [0.29, 0.717) is 17.3 Å². The lowest BCUT2D eigenvalue weighted by molar-refractivity contribution is -0.123. The van der Waals surface area contributed by atoms with Gasteiger partial charge in [0.15, 0.2) is 0 Å². The molecule has 8 nitrogen and oxygen atoms in total. The summed E-state index contributed by atoms with van der Waals surface area (Å²) in [4.78, 5) is 36.2. The van der Waals surface area contributed by atoms with Gasteiger partial charge in [0.1, 0.15) is 11.6 Å². The zero-order valence-corrected chi connectivity index (χ0v) is 16.1. The molecule has 0 bridgehead atoms. The van der Waals surface area contributed by atoms with E-state index in [4.69, 9.17) is 5.73 Å². The van der Waals surface area contributed by atoms with Crippen molar-refractivity contribution in [2.24, 2.45) is 0 Å². The molecule has 4 N–H and O–H groups in total. The molecule has 2 aromatic rings. The second-order valence-corrected chi connectivity index (χ2v) is 7.48. The van der Waals surface area contributed by atoms with Crippen molar-refractivity contribution in [3.63, 3.8) is 0 Å². The summed E-state index contributed by atoms with van der Waals surface area (Å²) in [6.45, 7) is 5.66. The first kappa shape index (κ1) is 18.2. The van der Waals surface area contributed by atoms with E-state index in [-0.39, 0.29) is 24.1 Å². The Morgan fingerprint density at radius 3 is 2.71 bits per heavy atom.